The third kappa shape index (κ3) is 3.03. The lowest BCUT2D eigenvalue weighted by Crippen LogP contribution is -2.12. The number of halogens is 2. The number of hydrogen-bond donors (Lipinski definition) is 2. The average Bonchev–Trinajstić information content (AvgIpc) is 2.80. The molecule has 3 aromatic rings. The Labute approximate surface area is 141 Å². The molecule has 0 spiro atoms. The Morgan fingerprint density at radius 3 is 2.86 bits per heavy atom. The quantitative estimate of drug-likeness (QED) is 0.574. The zero-order valence-corrected chi connectivity index (χ0v) is 14.2. The molecule has 0 aliphatic carbocycles. The number of benzene rings is 2. The minimum absolute atomic E-state index is 0.231. The highest BCUT2D eigenvalue weighted by atomic mass is 127. The number of rotatable bonds is 2. The zero-order valence-electron chi connectivity index (χ0n) is 10.4. The van der Waals surface area contributed by atoms with E-state index in [2.05, 4.69) is 48.8 Å². The largest absolute Gasteiger partial charge is 0.417 e. The lowest BCUT2D eigenvalue weighted by Gasteiger charge is -2.07. The molecule has 1 aromatic heterocycles. The van der Waals surface area contributed by atoms with Crippen LogP contribution in [0.25, 0.3) is 11.1 Å². The standard InChI is InChI=1S/C14H8BrIN2O3/c15-10-3-1-7(16)5-9(10)13(19)17-8-2-4-12-11(6-8)18-14(20)21-12/h1-6H,(H,17,19)(H,18,20). The number of amides is 1. The van der Waals surface area contributed by atoms with Gasteiger partial charge in [0.1, 0.15) is 0 Å². The fourth-order valence-corrected chi connectivity index (χ4v) is 2.82. The van der Waals surface area contributed by atoms with Gasteiger partial charge in [0.25, 0.3) is 5.91 Å². The van der Waals surface area contributed by atoms with Gasteiger partial charge in [0.05, 0.1) is 11.1 Å². The summed E-state index contributed by atoms with van der Waals surface area (Å²) < 4.78 is 6.60. The van der Waals surface area contributed by atoms with Crippen molar-refractivity contribution in [2.24, 2.45) is 0 Å². The molecule has 5 nitrogen and oxygen atoms in total. The maximum absolute atomic E-state index is 12.3. The van der Waals surface area contributed by atoms with Crippen molar-refractivity contribution >= 4 is 61.2 Å². The molecule has 21 heavy (non-hydrogen) atoms. The van der Waals surface area contributed by atoms with E-state index in [4.69, 9.17) is 4.42 Å². The maximum atomic E-state index is 12.3. The van der Waals surface area contributed by atoms with Gasteiger partial charge in [-0.3, -0.25) is 9.78 Å². The van der Waals surface area contributed by atoms with Crippen LogP contribution < -0.4 is 11.1 Å². The molecule has 0 saturated heterocycles. The van der Waals surface area contributed by atoms with Crippen molar-refractivity contribution in [1.82, 2.24) is 4.98 Å². The van der Waals surface area contributed by atoms with Crippen molar-refractivity contribution in [3.05, 3.63) is 60.6 Å². The molecule has 0 saturated carbocycles. The van der Waals surface area contributed by atoms with Gasteiger partial charge in [-0.2, -0.15) is 0 Å². The van der Waals surface area contributed by atoms with Crippen molar-refractivity contribution in [2.75, 3.05) is 5.32 Å². The number of anilines is 1. The third-order valence-corrected chi connectivity index (χ3v) is 4.21. The molecule has 7 heteroatoms. The Bertz CT molecular complexity index is 901. The van der Waals surface area contributed by atoms with Gasteiger partial charge in [0.15, 0.2) is 5.58 Å². The number of nitrogens with one attached hydrogen (secondary N) is 2. The minimum atomic E-state index is -0.520. The van der Waals surface area contributed by atoms with Crippen LogP contribution in [-0.2, 0) is 0 Å². The Morgan fingerprint density at radius 1 is 1.24 bits per heavy atom. The summed E-state index contributed by atoms with van der Waals surface area (Å²) in [6.45, 7) is 0. The number of fused-ring (bicyclic) bond motifs is 1. The molecule has 0 unspecified atom stereocenters. The highest BCUT2D eigenvalue weighted by molar-refractivity contribution is 14.1. The van der Waals surface area contributed by atoms with E-state index >= 15 is 0 Å². The van der Waals surface area contributed by atoms with E-state index in [-0.39, 0.29) is 5.91 Å². The van der Waals surface area contributed by atoms with Crippen LogP contribution in [0.3, 0.4) is 0 Å². The van der Waals surface area contributed by atoms with Crippen LogP contribution >= 0.6 is 38.5 Å². The second-order valence-electron chi connectivity index (χ2n) is 4.30. The lowest BCUT2D eigenvalue weighted by molar-refractivity contribution is 0.102. The van der Waals surface area contributed by atoms with E-state index in [1.807, 2.05) is 12.1 Å². The number of hydrogen-bond acceptors (Lipinski definition) is 3. The molecule has 1 amide bonds. The van der Waals surface area contributed by atoms with E-state index in [1.54, 1.807) is 24.3 Å². The van der Waals surface area contributed by atoms with Crippen LogP contribution in [0, 0.1) is 3.57 Å². The number of aromatic amines is 1. The number of carbonyl (C=O) groups excluding carboxylic acids is 1. The summed E-state index contributed by atoms with van der Waals surface area (Å²) in [6.07, 6.45) is 0. The summed E-state index contributed by atoms with van der Waals surface area (Å²) in [5, 5.41) is 2.79. The predicted octanol–water partition coefficient (Wildman–Crippen LogP) is 3.74. The van der Waals surface area contributed by atoms with Gasteiger partial charge in [-0.1, -0.05) is 0 Å². The van der Waals surface area contributed by atoms with Gasteiger partial charge >= 0.3 is 5.76 Å². The SMILES string of the molecule is O=C(Nc1ccc2oc(=O)[nH]c2c1)c1cc(I)ccc1Br. The highest BCUT2D eigenvalue weighted by Crippen LogP contribution is 2.22. The lowest BCUT2D eigenvalue weighted by atomic mass is 10.2. The fourth-order valence-electron chi connectivity index (χ4n) is 1.90. The van der Waals surface area contributed by atoms with Crippen molar-refractivity contribution in [3.63, 3.8) is 0 Å². The van der Waals surface area contributed by atoms with Crippen LogP contribution in [0.2, 0.25) is 0 Å². The van der Waals surface area contributed by atoms with Crippen LogP contribution in [0.15, 0.2) is 50.1 Å². The highest BCUT2D eigenvalue weighted by Gasteiger charge is 2.11. The maximum Gasteiger partial charge on any atom is 0.417 e. The summed E-state index contributed by atoms with van der Waals surface area (Å²) >= 11 is 5.51. The van der Waals surface area contributed by atoms with E-state index in [9.17, 15) is 9.59 Å². The number of carbonyl (C=O) groups is 1. The van der Waals surface area contributed by atoms with Crippen LogP contribution in [-0.4, -0.2) is 10.9 Å². The molecule has 0 bridgehead atoms. The number of aromatic nitrogens is 1. The van der Waals surface area contributed by atoms with E-state index < -0.39 is 5.76 Å². The first-order valence-corrected chi connectivity index (χ1v) is 7.79. The molecule has 0 fully saturated rings. The van der Waals surface area contributed by atoms with Crippen molar-refractivity contribution in [1.29, 1.82) is 0 Å². The molecule has 106 valence electrons. The van der Waals surface area contributed by atoms with Gasteiger partial charge in [-0.15, -0.1) is 0 Å². The molecular formula is C14H8BrIN2O3. The Morgan fingerprint density at radius 2 is 2.05 bits per heavy atom. The minimum Gasteiger partial charge on any atom is -0.408 e. The van der Waals surface area contributed by atoms with Crippen LogP contribution in [0.1, 0.15) is 10.4 Å². The number of oxazole rings is 1. The number of H-pyrrole nitrogens is 1. The molecular weight excluding hydrogens is 451 g/mol. The summed E-state index contributed by atoms with van der Waals surface area (Å²) in [4.78, 5) is 25.9. The van der Waals surface area contributed by atoms with Crippen molar-refractivity contribution in [3.8, 4) is 0 Å². The summed E-state index contributed by atoms with van der Waals surface area (Å²) in [6, 6.07) is 10.5. The molecule has 0 atom stereocenters. The summed E-state index contributed by atoms with van der Waals surface area (Å²) in [5.41, 5.74) is 2.12. The molecule has 2 N–H and O–H groups in total. The van der Waals surface area contributed by atoms with Crippen LogP contribution in [0.4, 0.5) is 5.69 Å². The predicted molar refractivity (Wildman–Crippen MR) is 91.6 cm³/mol. The van der Waals surface area contributed by atoms with Crippen LogP contribution in [0.5, 0.6) is 0 Å². The molecule has 0 aliphatic rings. The normalized spacial score (nSPS) is 10.8. The van der Waals surface area contributed by atoms with E-state index in [1.165, 1.54) is 0 Å². The van der Waals surface area contributed by atoms with Crippen molar-refractivity contribution in [2.45, 2.75) is 0 Å². The Balaban J connectivity index is 1.92. The molecule has 2 aromatic carbocycles. The third-order valence-electron chi connectivity index (χ3n) is 2.85. The molecule has 3 rings (SSSR count). The van der Waals surface area contributed by atoms with Gasteiger partial charge in [-0.25, -0.2) is 4.79 Å². The average molecular weight is 459 g/mol. The summed E-state index contributed by atoms with van der Waals surface area (Å²) in [7, 11) is 0. The second-order valence-corrected chi connectivity index (χ2v) is 6.40. The molecule has 1 heterocycles. The van der Waals surface area contributed by atoms with Crippen molar-refractivity contribution < 1.29 is 9.21 Å². The van der Waals surface area contributed by atoms with E-state index in [0.29, 0.717) is 22.4 Å². The molecule has 0 aliphatic heterocycles. The molecule has 0 radical (unpaired) electrons. The summed E-state index contributed by atoms with van der Waals surface area (Å²) in [5.74, 6) is -0.751. The first-order valence-electron chi connectivity index (χ1n) is 5.92. The smallest absolute Gasteiger partial charge is 0.408 e. The first-order chi connectivity index (χ1) is 10.0. The topological polar surface area (TPSA) is 75.1 Å². The van der Waals surface area contributed by atoms with Gasteiger partial charge < -0.3 is 9.73 Å². The Hall–Kier alpha value is -1.61. The Kier molecular flexibility index (Phi) is 3.85. The first kappa shape index (κ1) is 14.3. The second kappa shape index (κ2) is 5.64. The van der Waals surface area contributed by atoms with Gasteiger partial charge in [0, 0.05) is 13.7 Å². The van der Waals surface area contributed by atoms with Gasteiger partial charge in [0.2, 0.25) is 0 Å². The zero-order chi connectivity index (χ0) is 15.0. The fraction of sp³-hybridized carbons (Fsp3) is 0. The monoisotopic (exact) mass is 458 g/mol. The van der Waals surface area contributed by atoms with Gasteiger partial charge in [-0.05, 0) is 74.9 Å². The van der Waals surface area contributed by atoms with E-state index in [0.717, 1.165) is 8.04 Å².